The molecule has 3 rings (SSSR count). The molecule has 6 nitrogen and oxygen atoms in total. The lowest BCUT2D eigenvalue weighted by Crippen LogP contribution is -2.44. The Bertz CT molecular complexity index is 749. The third-order valence-electron chi connectivity index (χ3n) is 3.62. The van der Waals surface area contributed by atoms with Crippen molar-refractivity contribution in [2.75, 3.05) is 26.3 Å². The second-order valence-corrected chi connectivity index (χ2v) is 7.30. The third kappa shape index (κ3) is 2.90. The fourth-order valence-corrected chi connectivity index (χ4v) is 4.10. The summed E-state index contributed by atoms with van der Waals surface area (Å²) in [6.07, 6.45) is 0. The molecule has 0 spiro atoms. The summed E-state index contributed by atoms with van der Waals surface area (Å²) >= 11 is 2.77. The van der Waals surface area contributed by atoms with Crippen LogP contribution in [0.5, 0.6) is 0 Å². The van der Waals surface area contributed by atoms with Gasteiger partial charge in [0.15, 0.2) is 5.16 Å². The fourth-order valence-electron chi connectivity index (χ4n) is 2.33. The lowest BCUT2D eigenvalue weighted by atomic mass is 10.3. The molecule has 3 heterocycles. The van der Waals surface area contributed by atoms with Crippen molar-refractivity contribution >= 4 is 39.2 Å². The quantitative estimate of drug-likeness (QED) is 0.624. The molecular weight excluding hydrogens is 322 g/mol. The maximum atomic E-state index is 12.4. The van der Waals surface area contributed by atoms with E-state index >= 15 is 0 Å². The van der Waals surface area contributed by atoms with Crippen molar-refractivity contribution in [1.82, 2.24) is 14.5 Å². The van der Waals surface area contributed by atoms with Gasteiger partial charge < -0.3 is 9.64 Å². The number of thioether (sulfide) groups is 1. The molecule has 1 atom stereocenters. The van der Waals surface area contributed by atoms with E-state index in [0.29, 0.717) is 36.8 Å². The number of nitrogens with zero attached hydrogens (tertiary/aromatic N) is 3. The molecule has 0 N–H and O–H groups in total. The molecular formula is C14H17N3O3S2. The zero-order chi connectivity index (χ0) is 15.7. The number of fused-ring (bicyclic) bond motifs is 1. The van der Waals surface area contributed by atoms with Crippen LogP contribution in [0.3, 0.4) is 0 Å². The highest BCUT2D eigenvalue weighted by molar-refractivity contribution is 8.00. The van der Waals surface area contributed by atoms with E-state index in [2.05, 4.69) is 4.98 Å². The molecule has 0 aromatic carbocycles. The van der Waals surface area contributed by atoms with E-state index in [0.717, 1.165) is 4.83 Å². The van der Waals surface area contributed by atoms with Crippen molar-refractivity contribution in [2.24, 2.45) is 7.05 Å². The molecule has 1 aliphatic heterocycles. The van der Waals surface area contributed by atoms with E-state index in [4.69, 9.17) is 4.74 Å². The second kappa shape index (κ2) is 6.39. The van der Waals surface area contributed by atoms with E-state index in [1.807, 2.05) is 17.2 Å². The minimum Gasteiger partial charge on any atom is -0.378 e. The third-order valence-corrected chi connectivity index (χ3v) is 5.55. The number of hydrogen-bond acceptors (Lipinski definition) is 6. The molecule has 22 heavy (non-hydrogen) atoms. The van der Waals surface area contributed by atoms with Gasteiger partial charge in [0.2, 0.25) is 5.91 Å². The summed E-state index contributed by atoms with van der Waals surface area (Å²) in [5.74, 6) is 0.0637. The molecule has 1 aliphatic rings. The minimum atomic E-state index is -0.284. The first-order chi connectivity index (χ1) is 10.6. The van der Waals surface area contributed by atoms with Gasteiger partial charge in [0.05, 0.1) is 23.8 Å². The van der Waals surface area contributed by atoms with Gasteiger partial charge in [-0.2, -0.15) is 0 Å². The van der Waals surface area contributed by atoms with E-state index in [9.17, 15) is 9.59 Å². The Morgan fingerprint density at radius 2 is 2.18 bits per heavy atom. The molecule has 1 fully saturated rings. The summed E-state index contributed by atoms with van der Waals surface area (Å²) in [5, 5.41) is 2.78. The largest absolute Gasteiger partial charge is 0.378 e. The van der Waals surface area contributed by atoms with Crippen LogP contribution in [0.1, 0.15) is 6.92 Å². The molecule has 118 valence electrons. The van der Waals surface area contributed by atoms with Gasteiger partial charge in [-0.15, -0.1) is 11.3 Å². The van der Waals surface area contributed by atoms with Crippen molar-refractivity contribution in [2.45, 2.75) is 17.3 Å². The van der Waals surface area contributed by atoms with Crippen LogP contribution in [0.15, 0.2) is 21.4 Å². The molecule has 1 unspecified atom stereocenters. The number of carbonyl (C=O) groups excluding carboxylic acids is 1. The molecule has 0 saturated carbocycles. The van der Waals surface area contributed by atoms with Crippen molar-refractivity contribution in [1.29, 1.82) is 0 Å². The fraction of sp³-hybridized carbons (Fsp3) is 0.500. The Labute approximate surface area is 136 Å². The molecule has 0 radical (unpaired) electrons. The van der Waals surface area contributed by atoms with Crippen LogP contribution in [0.25, 0.3) is 10.2 Å². The SMILES string of the molecule is CC(Sc1nc2sccc2c(=O)n1C)C(=O)N1CCOCC1. The highest BCUT2D eigenvalue weighted by atomic mass is 32.2. The summed E-state index contributed by atoms with van der Waals surface area (Å²) in [7, 11) is 1.70. The summed E-state index contributed by atoms with van der Waals surface area (Å²) in [6, 6.07) is 1.78. The van der Waals surface area contributed by atoms with Crippen molar-refractivity contribution < 1.29 is 9.53 Å². The van der Waals surface area contributed by atoms with Gasteiger partial charge >= 0.3 is 0 Å². The van der Waals surface area contributed by atoms with Gasteiger partial charge in [0.1, 0.15) is 4.83 Å². The lowest BCUT2D eigenvalue weighted by Gasteiger charge is -2.29. The molecule has 8 heteroatoms. The van der Waals surface area contributed by atoms with E-state index in [1.54, 1.807) is 13.1 Å². The van der Waals surface area contributed by atoms with Gasteiger partial charge in [0, 0.05) is 20.1 Å². The van der Waals surface area contributed by atoms with E-state index in [-0.39, 0.29) is 16.7 Å². The average molecular weight is 339 g/mol. The highest BCUT2D eigenvalue weighted by Crippen LogP contribution is 2.25. The van der Waals surface area contributed by atoms with Gasteiger partial charge in [-0.05, 0) is 18.4 Å². The Morgan fingerprint density at radius 1 is 1.45 bits per heavy atom. The number of hydrogen-bond donors (Lipinski definition) is 0. The predicted molar refractivity (Wildman–Crippen MR) is 87.6 cm³/mol. The first-order valence-electron chi connectivity index (χ1n) is 7.05. The van der Waals surface area contributed by atoms with Crippen LogP contribution >= 0.6 is 23.1 Å². The standard InChI is InChI=1S/C14H17N3O3S2/c1-9(12(18)17-4-6-20-7-5-17)22-14-15-11-10(3-8-21-11)13(19)16(14)2/h3,8-9H,4-7H2,1-2H3. The zero-order valence-corrected chi connectivity index (χ0v) is 14.1. The Balaban J connectivity index is 1.81. The maximum absolute atomic E-state index is 12.4. The number of aromatic nitrogens is 2. The van der Waals surface area contributed by atoms with Crippen molar-refractivity contribution in [3.8, 4) is 0 Å². The molecule has 0 aliphatic carbocycles. The Hall–Kier alpha value is -1.38. The summed E-state index contributed by atoms with van der Waals surface area (Å²) in [5.41, 5.74) is -0.0697. The van der Waals surface area contributed by atoms with Crippen molar-refractivity contribution in [3.05, 3.63) is 21.8 Å². The number of thiophene rings is 1. The maximum Gasteiger partial charge on any atom is 0.262 e. The normalized spacial score (nSPS) is 16.9. The zero-order valence-electron chi connectivity index (χ0n) is 12.4. The molecule has 2 aromatic rings. The van der Waals surface area contributed by atoms with E-state index in [1.165, 1.54) is 27.7 Å². The first kappa shape index (κ1) is 15.5. The summed E-state index contributed by atoms with van der Waals surface area (Å²) in [6.45, 7) is 4.27. The average Bonchev–Trinajstić information content (AvgIpc) is 3.01. The molecule has 2 aromatic heterocycles. The molecule has 1 amide bonds. The van der Waals surface area contributed by atoms with Gasteiger partial charge in [-0.3, -0.25) is 14.2 Å². The smallest absolute Gasteiger partial charge is 0.262 e. The van der Waals surface area contributed by atoms with Crippen molar-refractivity contribution in [3.63, 3.8) is 0 Å². The van der Waals surface area contributed by atoms with Crippen LogP contribution in [-0.2, 0) is 16.6 Å². The minimum absolute atomic E-state index is 0.0637. The number of amides is 1. The van der Waals surface area contributed by atoms with Gasteiger partial charge in [0.25, 0.3) is 5.56 Å². The predicted octanol–water partition coefficient (Wildman–Crippen LogP) is 1.33. The van der Waals surface area contributed by atoms with Crippen LogP contribution in [0.4, 0.5) is 0 Å². The van der Waals surface area contributed by atoms with Crippen LogP contribution in [-0.4, -0.2) is 51.9 Å². The Morgan fingerprint density at radius 3 is 2.91 bits per heavy atom. The Kier molecular flexibility index (Phi) is 4.51. The number of ether oxygens (including phenoxy) is 1. The number of morpholine rings is 1. The lowest BCUT2D eigenvalue weighted by molar-refractivity contribution is -0.134. The summed E-state index contributed by atoms with van der Waals surface area (Å²) in [4.78, 5) is 31.8. The van der Waals surface area contributed by atoms with Crippen LogP contribution in [0.2, 0.25) is 0 Å². The number of carbonyl (C=O) groups is 1. The second-order valence-electron chi connectivity index (χ2n) is 5.10. The number of rotatable bonds is 3. The topological polar surface area (TPSA) is 64.4 Å². The summed E-state index contributed by atoms with van der Waals surface area (Å²) < 4.78 is 6.78. The molecule has 1 saturated heterocycles. The monoisotopic (exact) mass is 339 g/mol. The first-order valence-corrected chi connectivity index (χ1v) is 8.81. The van der Waals surface area contributed by atoms with Crippen LogP contribution < -0.4 is 5.56 Å². The van der Waals surface area contributed by atoms with Crippen LogP contribution in [0, 0.1) is 0 Å². The van der Waals surface area contributed by atoms with Gasteiger partial charge in [-0.25, -0.2) is 4.98 Å². The highest BCUT2D eigenvalue weighted by Gasteiger charge is 2.24. The molecule has 0 bridgehead atoms. The van der Waals surface area contributed by atoms with Gasteiger partial charge in [-0.1, -0.05) is 11.8 Å². The van der Waals surface area contributed by atoms with E-state index < -0.39 is 0 Å².